The molecule has 0 amide bonds. The number of hydrogen-bond acceptors (Lipinski definition) is 2. The maximum absolute atomic E-state index is 2.38. The highest BCUT2D eigenvalue weighted by atomic mass is 15.2. The minimum absolute atomic E-state index is 1.14. The van der Waals surface area contributed by atoms with E-state index in [1.165, 1.54) is 55.9 Å². The highest BCUT2D eigenvalue weighted by Crippen LogP contribution is 2.41. The number of nitrogens with zero attached hydrogens (tertiary/aromatic N) is 2. The molecule has 0 aliphatic carbocycles. The third-order valence-electron chi connectivity index (χ3n) is 10.5. The summed E-state index contributed by atoms with van der Waals surface area (Å²) in [6, 6.07) is 53.1. The summed E-state index contributed by atoms with van der Waals surface area (Å²) in [6.45, 7) is 17.4. The second kappa shape index (κ2) is 16.6. The van der Waals surface area contributed by atoms with Gasteiger partial charge in [-0.3, -0.25) is 0 Å². The molecule has 0 aromatic heterocycles. The zero-order valence-corrected chi connectivity index (χ0v) is 34.1. The standard InChI is InChI=1S/C54H52N2/c1-37-12-24-49(25-13-37)55(53-41(5)32-39(3)33-42(53)6)51-28-20-45(21-29-51)16-18-47-10-9-11-48(36-47)19-17-46-22-30-52(31-23-46)56(50-26-14-38(2)15-27-50)54-43(7)34-40(4)35-44(54)8/h9-36H,1-8H3. The van der Waals surface area contributed by atoms with Gasteiger partial charge in [-0.25, -0.2) is 0 Å². The normalized spacial score (nSPS) is 11.4. The van der Waals surface area contributed by atoms with Crippen molar-refractivity contribution < 1.29 is 0 Å². The van der Waals surface area contributed by atoms with Gasteiger partial charge in [0.15, 0.2) is 0 Å². The van der Waals surface area contributed by atoms with Gasteiger partial charge in [0.2, 0.25) is 0 Å². The molecule has 0 atom stereocenters. The van der Waals surface area contributed by atoms with Gasteiger partial charge in [-0.15, -0.1) is 0 Å². The molecule has 0 aliphatic rings. The van der Waals surface area contributed by atoms with E-state index in [1.54, 1.807) is 0 Å². The van der Waals surface area contributed by atoms with Crippen LogP contribution in [0.5, 0.6) is 0 Å². The van der Waals surface area contributed by atoms with E-state index in [0.717, 1.165) is 45.0 Å². The number of benzene rings is 7. The van der Waals surface area contributed by atoms with Crippen molar-refractivity contribution in [2.75, 3.05) is 9.80 Å². The summed E-state index contributed by atoms with van der Waals surface area (Å²) in [5, 5.41) is 0. The molecule has 56 heavy (non-hydrogen) atoms. The molecule has 0 N–H and O–H groups in total. The predicted octanol–water partition coefficient (Wildman–Crippen LogP) is 15.4. The first kappa shape index (κ1) is 37.9. The molecule has 0 saturated carbocycles. The Morgan fingerprint density at radius 1 is 0.286 bits per heavy atom. The summed E-state index contributed by atoms with van der Waals surface area (Å²) in [5.74, 6) is 0. The first-order valence-corrected chi connectivity index (χ1v) is 19.6. The number of hydrogen-bond donors (Lipinski definition) is 0. The SMILES string of the molecule is Cc1ccc(N(c2ccc(C=Cc3cccc(C=Cc4ccc(N(c5ccc(C)cc5)c5c(C)cc(C)cc5C)cc4)c3)cc2)c2c(C)cc(C)cc2C)cc1. The third kappa shape index (κ3) is 8.61. The van der Waals surface area contributed by atoms with Gasteiger partial charge in [-0.1, -0.05) is 138 Å². The lowest BCUT2D eigenvalue weighted by Gasteiger charge is -2.29. The zero-order valence-electron chi connectivity index (χ0n) is 34.1. The minimum Gasteiger partial charge on any atom is -0.310 e. The Labute approximate surface area is 334 Å². The first-order valence-electron chi connectivity index (χ1n) is 19.6. The lowest BCUT2D eigenvalue weighted by atomic mass is 10.0. The fourth-order valence-electron chi connectivity index (χ4n) is 7.87. The van der Waals surface area contributed by atoms with Crippen molar-refractivity contribution in [1.29, 1.82) is 0 Å². The quantitative estimate of drug-likeness (QED) is 0.129. The lowest BCUT2D eigenvalue weighted by molar-refractivity contribution is 1.20. The predicted molar refractivity (Wildman–Crippen MR) is 244 cm³/mol. The topological polar surface area (TPSA) is 6.48 Å². The Balaban J connectivity index is 1.09. The van der Waals surface area contributed by atoms with Gasteiger partial charge in [0.05, 0.1) is 11.4 Å². The van der Waals surface area contributed by atoms with Crippen LogP contribution in [-0.2, 0) is 0 Å². The van der Waals surface area contributed by atoms with Crippen LogP contribution in [0, 0.1) is 55.4 Å². The van der Waals surface area contributed by atoms with E-state index in [-0.39, 0.29) is 0 Å². The van der Waals surface area contributed by atoms with Gasteiger partial charge in [-0.2, -0.15) is 0 Å². The molecule has 0 unspecified atom stereocenters. The van der Waals surface area contributed by atoms with Crippen molar-refractivity contribution in [3.63, 3.8) is 0 Å². The zero-order chi connectivity index (χ0) is 39.3. The fourth-order valence-corrected chi connectivity index (χ4v) is 7.87. The molecule has 0 fully saturated rings. The second-order valence-corrected chi connectivity index (χ2v) is 15.4. The third-order valence-corrected chi connectivity index (χ3v) is 10.5. The van der Waals surface area contributed by atoms with Gasteiger partial charge in [0.25, 0.3) is 0 Å². The van der Waals surface area contributed by atoms with E-state index in [9.17, 15) is 0 Å². The first-order chi connectivity index (χ1) is 27.0. The van der Waals surface area contributed by atoms with Crippen LogP contribution in [0.2, 0.25) is 0 Å². The largest absolute Gasteiger partial charge is 0.310 e. The molecular formula is C54H52N2. The van der Waals surface area contributed by atoms with E-state index in [4.69, 9.17) is 0 Å². The van der Waals surface area contributed by atoms with Crippen molar-refractivity contribution in [3.05, 3.63) is 212 Å². The van der Waals surface area contributed by atoms with Crippen LogP contribution in [0.15, 0.2) is 146 Å². The van der Waals surface area contributed by atoms with Crippen LogP contribution in [-0.4, -0.2) is 0 Å². The van der Waals surface area contributed by atoms with Crippen LogP contribution >= 0.6 is 0 Å². The van der Waals surface area contributed by atoms with E-state index in [0.29, 0.717) is 0 Å². The summed E-state index contributed by atoms with van der Waals surface area (Å²) in [5.41, 5.74) is 21.9. The Hall–Kier alpha value is -6.38. The maximum atomic E-state index is 2.38. The van der Waals surface area contributed by atoms with Crippen molar-refractivity contribution >= 4 is 58.4 Å². The molecule has 278 valence electrons. The average molecular weight is 729 g/mol. The van der Waals surface area contributed by atoms with Crippen molar-refractivity contribution in [2.24, 2.45) is 0 Å². The molecule has 2 nitrogen and oxygen atoms in total. The highest BCUT2D eigenvalue weighted by molar-refractivity contribution is 5.83. The summed E-state index contributed by atoms with van der Waals surface area (Å²) in [4.78, 5) is 4.76. The van der Waals surface area contributed by atoms with Crippen LogP contribution in [0.1, 0.15) is 66.8 Å². The van der Waals surface area contributed by atoms with Crippen LogP contribution in [0.25, 0.3) is 24.3 Å². The Morgan fingerprint density at radius 3 is 0.893 bits per heavy atom. The molecule has 0 bridgehead atoms. The Bertz CT molecular complexity index is 2290. The van der Waals surface area contributed by atoms with E-state index < -0.39 is 0 Å². The van der Waals surface area contributed by atoms with Gasteiger partial charge in [0, 0.05) is 22.7 Å². The molecule has 7 aromatic rings. The van der Waals surface area contributed by atoms with Crippen molar-refractivity contribution in [3.8, 4) is 0 Å². The summed E-state index contributed by atoms with van der Waals surface area (Å²) < 4.78 is 0. The van der Waals surface area contributed by atoms with Crippen LogP contribution < -0.4 is 9.80 Å². The molecule has 7 rings (SSSR count). The van der Waals surface area contributed by atoms with Gasteiger partial charge in [-0.05, 0) is 154 Å². The van der Waals surface area contributed by atoms with Gasteiger partial charge < -0.3 is 9.80 Å². The lowest BCUT2D eigenvalue weighted by Crippen LogP contribution is -2.13. The van der Waals surface area contributed by atoms with E-state index >= 15 is 0 Å². The second-order valence-electron chi connectivity index (χ2n) is 15.4. The van der Waals surface area contributed by atoms with Crippen molar-refractivity contribution in [1.82, 2.24) is 0 Å². The number of anilines is 6. The molecule has 0 spiro atoms. The fraction of sp³-hybridized carbons (Fsp3) is 0.148. The summed E-state index contributed by atoms with van der Waals surface area (Å²) in [7, 11) is 0. The van der Waals surface area contributed by atoms with E-state index in [2.05, 4.69) is 235 Å². The maximum Gasteiger partial charge on any atom is 0.0520 e. The molecule has 0 saturated heterocycles. The molecule has 2 heteroatoms. The summed E-state index contributed by atoms with van der Waals surface area (Å²) >= 11 is 0. The Morgan fingerprint density at radius 2 is 0.571 bits per heavy atom. The molecular weight excluding hydrogens is 677 g/mol. The average Bonchev–Trinajstić information content (AvgIpc) is 3.17. The monoisotopic (exact) mass is 728 g/mol. The van der Waals surface area contributed by atoms with Crippen LogP contribution in [0.4, 0.5) is 34.1 Å². The number of aryl methyl sites for hydroxylation is 8. The molecule has 0 heterocycles. The van der Waals surface area contributed by atoms with Crippen LogP contribution in [0.3, 0.4) is 0 Å². The highest BCUT2D eigenvalue weighted by Gasteiger charge is 2.19. The molecule has 7 aromatic carbocycles. The molecule has 0 aliphatic heterocycles. The van der Waals surface area contributed by atoms with Crippen molar-refractivity contribution in [2.45, 2.75) is 55.4 Å². The molecule has 0 radical (unpaired) electrons. The minimum atomic E-state index is 1.14. The summed E-state index contributed by atoms with van der Waals surface area (Å²) in [6.07, 6.45) is 8.78. The van der Waals surface area contributed by atoms with Gasteiger partial charge >= 0.3 is 0 Å². The van der Waals surface area contributed by atoms with Gasteiger partial charge in [0.1, 0.15) is 0 Å². The smallest absolute Gasteiger partial charge is 0.0520 e. The number of rotatable bonds is 10. The van der Waals surface area contributed by atoms with E-state index in [1.807, 2.05) is 0 Å². The Kier molecular flexibility index (Phi) is 11.2.